The van der Waals surface area contributed by atoms with Gasteiger partial charge in [-0.25, -0.2) is 4.79 Å². The Kier molecular flexibility index (Phi) is 5.18. The number of hydrogen-bond donors (Lipinski definition) is 1. The molecule has 0 aliphatic rings. The van der Waals surface area contributed by atoms with Crippen molar-refractivity contribution >= 4 is 29.0 Å². The molecule has 0 saturated carbocycles. The number of carbonyl (C=O) groups excluding carboxylic acids is 2. The van der Waals surface area contributed by atoms with E-state index in [2.05, 4.69) is 10.5 Å². The number of aryl methyl sites for hydroxylation is 2. The summed E-state index contributed by atoms with van der Waals surface area (Å²) in [6.07, 6.45) is -0.965. The monoisotopic (exact) mass is 370 g/mol. The molecule has 3 rings (SSSR count). The average molecular weight is 370 g/mol. The second-order valence-electron chi connectivity index (χ2n) is 5.89. The first-order valence-electron chi connectivity index (χ1n) is 8.03. The zero-order valence-corrected chi connectivity index (χ0v) is 15.4. The molecule has 0 fully saturated rings. The van der Waals surface area contributed by atoms with Gasteiger partial charge in [-0.15, -0.1) is 11.3 Å². The van der Waals surface area contributed by atoms with Crippen molar-refractivity contribution in [1.82, 2.24) is 5.16 Å². The van der Waals surface area contributed by atoms with Gasteiger partial charge in [-0.1, -0.05) is 35.0 Å². The molecule has 1 aromatic carbocycles. The highest BCUT2D eigenvalue weighted by Gasteiger charge is 2.23. The predicted octanol–water partition coefficient (Wildman–Crippen LogP) is 4.20. The lowest BCUT2D eigenvalue weighted by Crippen LogP contribution is -2.30. The minimum atomic E-state index is -0.965. The maximum absolute atomic E-state index is 12.5. The lowest BCUT2D eigenvalue weighted by Gasteiger charge is -2.12. The predicted molar refractivity (Wildman–Crippen MR) is 99.2 cm³/mol. The molecule has 2 aromatic heterocycles. The number of nitrogens with zero attached hydrogens (tertiary/aromatic N) is 1. The fourth-order valence-electron chi connectivity index (χ4n) is 2.35. The fraction of sp³-hybridized carbons (Fsp3) is 0.211. The smallest absolute Gasteiger partial charge is 0.349 e. The van der Waals surface area contributed by atoms with Crippen molar-refractivity contribution < 1.29 is 18.8 Å². The van der Waals surface area contributed by atoms with Gasteiger partial charge in [0.1, 0.15) is 10.6 Å². The van der Waals surface area contributed by atoms with Crippen LogP contribution in [0.4, 0.5) is 5.82 Å². The van der Waals surface area contributed by atoms with Crippen LogP contribution < -0.4 is 5.32 Å². The van der Waals surface area contributed by atoms with Crippen LogP contribution in [0.25, 0.3) is 11.1 Å². The number of esters is 1. The van der Waals surface area contributed by atoms with Gasteiger partial charge >= 0.3 is 5.97 Å². The lowest BCUT2D eigenvalue weighted by molar-refractivity contribution is -0.123. The van der Waals surface area contributed by atoms with Crippen LogP contribution in [-0.2, 0) is 9.53 Å². The van der Waals surface area contributed by atoms with Crippen molar-refractivity contribution in [2.45, 2.75) is 26.9 Å². The third-order valence-corrected chi connectivity index (χ3v) is 4.64. The number of nitrogens with one attached hydrogen (secondary N) is 1. The molecule has 0 aliphatic carbocycles. The summed E-state index contributed by atoms with van der Waals surface area (Å²) < 4.78 is 10.2. The van der Waals surface area contributed by atoms with Crippen molar-refractivity contribution in [2.24, 2.45) is 0 Å². The molecule has 0 aliphatic heterocycles. The Morgan fingerprint density at radius 1 is 1.19 bits per heavy atom. The van der Waals surface area contributed by atoms with Crippen LogP contribution >= 0.6 is 11.3 Å². The van der Waals surface area contributed by atoms with Gasteiger partial charge < -0.3 is 14.6 Å². The molecule has 6 nitrogen and oxygen atoms in total. The van der Waals surface area contributed by atoms with Crippen LogP contribution in [0.15, 0.2) is 46.3 Å². The van der Waals surface area contributed by atoms with Crippen molar-refractivity contribution in [3.63, 3.8) is 0 Å². The van der Waals surface area contributed by atoms with Crippen LogP contribution in [-0.4, -0.2) is 23.1 Å². The van der Waals surface area contributed by atoms with Gasteiger partial charge in [0.2, 0.25) is 0 Å². The second kappa shape index (κ2) is 7.53. The van der Waals surface area contributed by atoms with Gasteiger partial charge in [0.15, 0.2) is 11.9 Å². The average Bonchev–Trinajstić information content (AvgIpc) is 3.24. The van der Waals surface area contributed by atoms with E-state index >= 15 is 0 Å². The highest BCUT2D eigenvalue weighted by atomic mass is 32.1. The molecule has 2 heterocycles. The van der Waals surface area contributed by atoms with E-state index in [4.69, 9.17) is 9.26 Å². The van der Waals surface area contributed by atoms with Crippen LogP contribution in [0.1, 0.15) is 27.9 Å². The quantitative estimate of drug-likeness (QED) is 0.681. The molecule has 0 saturated heterocycles. The van der Waals surface area contributed by atoms with Gasteiger partial charge in [0.05, 0.1) is 0 Å². The summed E-state index contributed by atoms with van der Waals surface area (Å²) in [7, 11) is 0. The number of aromatic nitrogens is 1. The third-order valence-electron chi connectivity index (χ3n) is 3.75. The molecular formula is C19H18N2O4S. The zero-order chi connectivity index (χ0) is 18.7. The summed E-state index contributed by atoms with van der Waals surface area (Å²) in [6.45, 7) is 5.23. The van der Waals surface area contributed by atoms with Crippen LogP contribution in [0.5, 0.6) is 0 Å². The summed E-state index contributed by atoms with van der Waals surface area (Å²) in [5.41, 5.74) is 2.86. The Labute approximate surface area is 154 Å². The fourth-order valence-corrected chi connectivity index (χ4v) is 3.15. The number of thiophene rings is 1. The van der Waals surface area contributed by atoms with Gasteiger partial charge in [-0.2, -0.15) is 0 Å². The summed E-state index contributed by atoms with van der Waals surface area (Å²) in [6, 6.07) is 11.3. The van der Waals surface area contributed by atoms with Gasteiger partial charge in [-0.3, -0.25) is 4.79 Å². The Bertz CT molecular complexity index is 927. The van der Waals surface area contributed by atoms with E-state index in [1.807, 2.05) is 42.6 Å². The van der Waals surface area contributed by atoms with Crippen LogP contribution in [0.2, 0.25) is 0 Å². The standard InChI is InChI=1S/C19H18N2O4S/c1-11-4-6-14(7-5-11)15-8-9-26-17(15)19(23)24-13(3)18(22)20-16-10-12(2)25-21-16/h4-10,13H,1-3H3,(H,20,21,22)/t13-/m1/s1. The number of hydrogen-bond acceptors (Lipinski definition) is 6. The lowest BCUT2D eigenvalue weighted by atomic mass is 10.1. The van der Waals surface area contributed by atoms with E-state index in [1.54, 1.807) is 13.0 Å². The molecule has 0 radical (unpaired) electrons. The second-order valence-corrected chi connectivity index (χ2v) is 6.81. The van der Waals surface area contributed by atoms with E-state index in [1.165, 1.54) is 18.3 Å². The highest BCUT2D eigenvalue weighted by molar-refractivity contribution is 7.12. The Morgan fingerprint density at radius 3 is 2.58 bits per heavy atom. The SMILES string of the molecule is Cc1ccc(-c2ccsc2C(=O)O[C@H](C)C(=O)Nc2cc(C)on2)cc1. The highest BCUT2D eigenvalue weighted by Crippen LogP contribution is 2.29. The van der Waals surface area contributed by atoms with Crippen molar-refractivity contribution in [3.8, 4) is 11.1 Å². The number of benzene rings is 1. The molecule has 1 atom stereocenters. The van der Waals surface area contributed by atoms with E-state index < -0.39 is 18.0 Å². The van der Waals surface area contributed by atoms with Crippen molar-refractivity contribution in [3.05, 3.63) is 58.0 Å². The maximum atomic E-state index is 12.5. The number of rotatable bonds is 5. The minimum Gasteiger partial charge on any atom is -0.448 e. The topological polar surface area (TPSA) is 81.4 Å². The first kappa shape index (κ1) is 17.9. The van der Waals surface area contributed by atoms with Gasteiger partial charge in [-0.05, 0) is 37.8 Å². The summed E-state index contributed by atoms with van der Waals surface area (Å²) in [5.74, 6) is -0.146. The molecule has 1 N–H and O–H groups in total. The van der Waals surface area contributed by atoms with Gasteiger partial charge in [0.25, 0.3) is 5.91 Å². The first-order valence-corrected chi connectivity index (χ1v) is 8.91. The van der Waals surface area contributed by atoms with E-state index in [0.717, 1.165) is 16.7 Å². The third kappa shape index (κ3) is 4.00. The van der Waals surface area contributed by atoms with E-state index in [-0.39, 0.29) is 5.82 Å². The van der Waals surface area contributed by atoms with E-state index in [0.29, 0.717) is 10.6 Å². The number of amides is 1. The Morgan fingerprint density at radius 2 is 1.92 bits per heavy atom. The first-order chi connectivity index (χ1) is 12.4. The van der Waals surface area contributed by atoms with E-state index in [9.17, 15) is 9.59 Å². The number of carbonyl (C=O) groups is 2. The summed E-state index contributed by atoms with van der Waals surface area (Å²) >= 11 is 1.28. The largest absolute Gasteiger partial charge is 0.448 e. The van der Waals surface area contributed by atoms with Crippen molar-refractivity contribution in [1.29, 1.82) is 0 Å². The molecule has 134 valence electrons. The van der Waals surface area contributed by atoms with Crippen LogP contribution in [0.3, 0.4) is 0 Å². The molecular weight excluding hydrogens is 352 g/mol. The minimum absolute atomic E-state index is 0.284. The van der Waals surface area contributed by atoms with Crippen LogP contribution in [0, 0.1) is 13.8 Å². The van der Waals surface area contributed by atoms with Crippen molar-refractivity contribution in [2.75, 3.05) is 5.32 Å². The molecule has 0 unspecified atom stereocenters. The number of ether oxygens (including phenoxy) is 1. The molecule has 7 heteroatoms. The molecule has 0 bridgehead atoms. The molecule has 1 amide bonds. The molecule has 26 heavy (non-hydrogen) atoms. The summed E-state index contributed by atoms with van der Waals surface area (Å²) in [4.78, 5) is 25.1. The Hall–Kier alpha value is -2.93. The summed E-state index contributed by atoms with van der Waals surface area (Å²) in [5, 5.41) is 8.06. The normalized spacial score (nSPS) is 11.8. The zero-order valence-electron chi connectivity index (χ0n) is 14.6. The maximum Gasteiger partial charge on any atom is 0.349 e. The molecule has 0 spiro atoms. The molecule has 3 aromatic rings. The van der Waals surface area contributed by atoms with Gasteiger partial charge in [0, 0.05) is 11.6 Å². The number of anilines is 1. The Balaban J connectivity index is 1.69.